The Morgan fingerprint density at radius 3 is 2.57 bits per heavy atom. The highest BCUT2D eigenvalue weighted by Crippen LogP contribution is 2.20. The third kappa shape index (κ3) is 2.78. The van der Waals surface area contributed by atoms with E-state index in [4.69, 9.17) is 11.6 Å². The van der Waals surface area contributed by atoms with Gasteiger partial charge in [0.2, 0.25) is 5.88 Å². The van der Waals surface area contributed by atoms with E-state index in [9.17, 15) is 0 Å². The summed E-state index contributed by atoms with van der Waals surface area (Å²) < 4.78 is 0. The van der Waals surface area contributed by atoms with Crippen LogP contribution in [0.1, 0.15) is 24.8 Å². The molecule has 0 spiro atoms. The Hall–Kier alpha value is -1.48. The van der Waals surface area contributed by atoms with Crippen molar-refractivity contribution in [3.8, 4) is 0 Å². The summed E-state index contributed by atoms with van der Waals surface area (Å²) in [7, 11) is 0. The van der Waals surface area contributed by atoms with Crippen LogP contribution in [0.25, 0.3) is 0 Å². The molecule has 0 aliphatic rings. The van der Waals surface area contributed by atoms with Crippen LogP contribution in [-0.2, 0) is 4.84 Å². The normalized spacial score (nSPS) is 13.7. The topological polar surface area (TPSA) is 61.3 Å². The molecule has 0 saturated heterocycles. The second-order valence-electron chi connectivity index (χ2n) is 3.11. The molecule has 0 heterocycles. The molecule has 1 unspecified atom stereocenters. The monoisotopic (exact) mass is 192 g/mol. The summed E-state index contributed by atoms with van der Waals surface area (Å²) in [5, 5.41) is 0. The summed E-state index contributed by atoms with van der Waals surface area (Å²) in [5.74, 6) is 5.49. The first kappa shape index (κ1) is 10.6. The fourth-order valence-electron chi connectivity index (χ4n) is 1.39. The molecule has 0 radical (unpaired) electrons. The van der Waals surface area contributed by atoms with E-state index in [-0.39, 0.29) is 11.8 Å². The second kappa shape index (κ2) is 5.29. The average Bonchev–Trinajstić information content (AvgIpc) is 2.26. The van der Waals surface area contributed by atoms with E-state index in [1.54, 1.807) is 0 Å². The van der Waals surface area contributed by atoms with Crippen molar-refractivity contribution in [2.45, 2.75) is 19.3 Å². The fraction of sp³-hybridized carbons (Fsp3) is 0.273. The van der Waals surface area contributed by atoms with Gasteiger partial charge >= 0.3 is 0 Å². The Labute approximate surface area is 84.3 Å². The van der Waals surface area contributed by atoms with Crippen LogP contribution in [0, 0.1) is 0 Å². The molecule has 76 valence electrons. The highest BCUT2D eigenvalue weighted by Gasteiger charge is 2.06. The minimum absolute atomic E-state index is 0.264. The average molecular weight is 192 g/mol. The predicted octanol–water partition coefficient (Wildman–Crippen LogP) is 1.87. The lowest BCUT2D eigenvalue weighted by molar-refractivity contribution is 0.215. The molecular weight excluding hydrogens is 176 g/mol. The summed E-state index contributed by atoms with van der Waals surface area (Å²) in [6, 6.07) is 10.1. The molecule has 0 amide bonds. The molecule has 14 heavy (non-hydrogen) atoms. The van der Waals surface area contributed by atoms with Gasteiger partial charge in [-0.2, -0.15) is 5.90 Å². The van der Waals surface area contributed by atoms with Gasteiger partial charge in [-0.3, -0.25) is 0 Å². The maximum Gasteiger partial charge on any atom is 0.205 e. The van der Waals surface area contributed by atoms with Gasteiger partial charge in [-0.25, -0.2) is 0 Å². The molecule has 1 aromatic rings. The maximum atomic E-state index is 5.50. The van der Waals surface area contributed by atoms with Gasteiger partial charge in [0.05, 0.1) is 0 Å². The van der Waals surface area contributed by atoms with E-state index in [0.717, 1.165) is 6.42 Å². The quantitative estimate of drug-likeness (QED) is 0.565. The van der Waals surface area contributed by atoms with Crippen LogP contribution < -0.4 is 11.6 Å². The van der Waals surface area contributed by atoms with Crippen molar-refractivity contribution in [1.82, 2.24) is 0 Å². The minimum atomic E-state index is 0.264. The van der Waals surface area contributed by atoms with E-state index in [1.165, 1.54) is 5.56 Å². The van der Waals surface area contributed by atoms with E-state index in [2.05, 4.69) is 23.9 Å². The molecule has 1 aromatic carbocycles. The third-order valence-corrected chi connectivity index (χ3v) is 2.17. The molecule has 3 heteroatoms. The molecule has 0 aromatic heterocycles. The van der Waals surface area contributed by atoms with Crippen molar-refractivity contribution in [2.24, 2.45) is 11.6 Å². The van der Waals surface area contributed by atoms with Crippen molar-refractivity contribution in [2.75, 3.05) is 0 Å². The predicted molar refractivity (Wildman–Crippen MR) is 57.0 cm³/mol. The molecule has 0 aliphatic heterocycles. The van der Waals surface area contributed by atoms with Crippen LogP contribution in [0.4, 0.5) is 0 Å². The van der Waals surface area contributed by atoms with Crippen molar-refractivity contribution in [3.63, 3.8) is 0 Å². The van der Waals surface area contributed by atoms with E-state index in [1.807, 2.05) is 24.3 Å². The lowest BCUT2D eigenvalue weighted by Gasteiger charge is -2.10. The smallest absolute Gasteiger partial charge is 0.205 e. The second-order valence-corrected chi connectivity index (χ2v) is 3.11. The van der Waals surface area contributed by atoms with Crippen molar-refractivity contribution < 1.29 is 4.84 Å². The number of benzene rings is 1. The Balaban J connectivity index is 2.83. The molecule has 0 aliphatic carbocycles. The zero-order valence-corrected chi connectivity index (χ0v) is 8.31. The molecular formula is C11H16N2O. The summed E-state index contributed by atoms with van der Waals surface area (Å²) in [4.78, 5) is 4.44. The first-order valence-electron chi connectivity index (χ1n) is 4.67. The highest BCUT2D eigenvalue weighted by atomic mass is 16.6. The number of hydrogen-bond acceptors (Lipinski definition) is 3. The molecule has 0 bridgehead atoms. The van der Waals surface area contributed by atoms with E-state index >= 15 is 0 Å². The Morgan fingerprint density at radius 2 is 2.07 bits per heavy atom. The van der Waals surface area contributed by atoms with Crippen molar-refractivity contribution in [3.05, 3.63) is 47.9 Å². The number of rotatable bonds is 4. The summed E-state index contributed by atoms with van der Waals surface area (Å²) >= 11 is 0. The van der Waals surface area contributed by atoms with Gasteiger partial charge in [-0.15, -0.1) is 0 Å². The molecule has 1 atom stereocenters. The van der Waals surface area contributed by atoms with Gasteiger partial charge in [0.1, 0.15) is 0 Å². The molecule has 1 rings (SSSR count). The van der Waals surface area contributed by atoms with E-state index in [0.29, 0.717) is 0 Å². The van der Waals surface area contributed by atoms with Crippen molar-refractivity contribution >= 4 is 0 Å². The first-order valence-corrected chi connectivity index (χ1v) is 4.67. The lowest BCUT2D eigenvalue weighted by Crippen LogP contribution is -2.09. The maximum absolute atomic E-state index is 5.50. The van der Waals surface area contributed by atoms with Gasteiger partial charge in [0.25, 0.3) is 0 Å². The van der Waals surface area contributed by atoms with Crippen LogP contribution >= 0.6 is 0 Å². The molecule has 0 fully saturated rings. The molecule has 3 nitrogen and oxygen atoms in total. The van der Waals surface area contributed by atoms with Gasteiger partial charge in [-0.1, -0.05) is 37.3 Å². The van der Waals surface area contributed by atoms with Crippen LogP contribution in [0.2, 0.25) is 0 Å². The van der Waals surface area contributed by atoms with Crippen LogP contribution in [0.3, 0.4) is 0 Å². The standard InChI is InChI=1S/C11H16N2O/c1-2-9(8-11(12)14-13)10-6-4-3-5-7-10/h3-9H,2,12-13H2,1H3/b11-8-. The Kier molecular flexibility index (Phi) is 4.01. The summed E-state index contributed by atoms with van der Waals surface area (Å²) in [6.45, 7) is 2.10. The largest absolute Gasteiger partial charge is 0.394 e. The Bertz CT molecular complexity index is 295. The van der Waals surface area contributed by atoms with Gasteiger partial charge in [0.15, 0.2) is 0 Å². The summed E-state index contributed by atoms with van der Waals surface area (Å²) in [6.07, 6.45) is 2.80. The lowest BCUT2D eigenvalue weighted by atomic mass is 9.96. The van der Waals surface area contributed by atoms with Crippen LogP contribution in [-0.4, -0.2) is 0 Å². The van der Waals surface area contributed by atoms with Gasteiger partial charge in [0, 0.05) is 5.92 Å². The van der Waals surface area contributed by atoms with Crippen LogP contribution in [0.15, 0.2) is 42.3 Å². The minimum Gasteiger partial charge on any atom is -0.394 e. The zero-order valence-electron chi connectivity index (χ0n) is 8.31. The Morgan fingerprint density at radius 1 is 1.43 bits per heavy atom. The number of nitrogens with two attached hydrogens (primary N) is 2. The molecule has 0 saturated carbocycles. The third-order valence-electron chi connectivity index (χ3n) is 2.17. The van der Waals surface area contributed by atoms with Gasteiger partial charge in [-0.05, 0) is 18.1 Å². The first-order chi connectivity index (χ1) is 6.77. The van der Waals surface area contributed by atoms with Crippen LogP contribution in [0.5, 0.6) is 0 Å². The SMILES string of the molecule is CCC(/C=C(/N)ON)c1ccccc1. The highest BCUT2D eigenvalue weighted by molar-refractivity contribution is 5.23. The van der Waals surface area contributed by atoms with E-state index < -0.39 is 0 Å². The number of hydrogen-bond donors (Lipinski definition) is 2. The van der Waals surface area contributed by atoms with Crippen molar-refractivity contribution in [1.29, 1.82) is 0 Å². The molecule has 4 N–H and O–H groups in total. The number of allylic oxidation sites excluding steroid dienone is 1. The summed E-state index contributed by atoms with van der Waals surface area (Å²) in [5.41, 5.74) is 6.72. The zero-order chi connectivity index (χ0) is 10.4. The van der Waals surface area contributed by atoms with Gasteiger partial charge < -0.3 is 10.6 Å². The fourth-order valence-corrected chi connectivity index (χ4v) is 1.39.